The summed E-state index contributed by atoms with van der Waals surface area (Å²) in [5.74, 6) is 0.626. The lowest BCUT2D eigenvalue weighted by Crippen LogP contribution is -2.45. The molecule has 1 aliphatic carbocycles. The minimum atomic E-state index is -1.04. The van der Waals surface area contributed by atoms with Gasteiger partial charge < -0.3 is 10.2 Å². The molecule has 0 saturated heterocycles. The van der Waals surface area contributed by atoms with Crippen molar-refractivity contribution in [2.45, 2.75) is 70.4 Å². The van der Waals surface area contributed by atoms with Gasteiger partial charge in [0.2, 0.25) is 0 Å². The molecular weight excluding hydrogens is 282 g/mol. The molecule has 1 fully saturated rings. The van der Waals surface area contributed by atoms with Crippen LogP contribution in [0.4, 0.5) is 10.6 Å². The molecule has 22 heavy (non-hydrogen) atoms. The van der Waals surface area contributed by atoms with Crippen LogP contribution in [0.3, 0.4) is 0 Å². The summed E-state index contributed by atoms with van der Waals surface area (Å²) in [5.41, 5.74) is -0.277. The number of nitrogens with zero attached hydrogens (tertiary/aromatic N) is 3. The average molecular weight is 307 g/mol. The van der Waals surface area contributed by atoms with Crippen molar-refractivity contribution < 1.29 is 15.0 Å². The first kappa shape index (κ1) is 16.7. The van der Waals surface area contributed by atoms with Gasteiger partial charge in [-0.15, -0.1) is 0 Å². The number of amides is 1. The molecule has 0 bridgehead atoms. The summed E-state index contributed by atoms with van der Waals surface area (Å²) in [6.07, 6.45) is 5.42. The third-order valence-electron chi connectivity index (χ3n) is 4.23. The number of anilines is 1. The Balaban J connectivity index is 2.15. The second kappa shape index (κ2) is 5.83. The molecule has 2 rings (SSSR count). The zero-order valence-corrected chi connectivity index (χ0v) is 13.7. The number of aliphatic hydroxyl groups is 1. The molecule has 1 aromatic rings. The maximum atomic E-state index is 11.4. The molecule has 1 aliphatic rings. The first-order valence-electron chi connectivity index (χ1n) is 7.68. The van der Waals surface area contributed by atoms with Crippen LogP contribution in [0.15, 0.2) is 12.4 Å². The van der Waals surface area contributed by atoms with Gasteiger partial charge in [0.05, 0.1) is 23.7 Å². The largest absolute Gasteiger partial charge is 0.465 e. The van der Waals surface area contributed by atoms with E-state index in [0.29, 0.717) is 5.82 Å². The summed E-state index contributed by atoms with van der Waals surface area (Å²) >= 11 is 0. The summed E-state index contributed by atoms with van der Waals surface area (Å²) in [5, 5.41) is 19.4. The van der Waals surface area contributed by atoms with Crippen LogP contribution in [0, 0.1) is 0 Å². The van der Waals surface area contributed by atoms with Gasteiger partial charge in [0, 0.05) is 11.5 Å². The Morgan fingerprint density at radius 2 is 1.86 bits per heavy atom. The summed E-state index contributed by atoms with van der Waals surface area (Å²) in [4.78, 5) is 21.4. The lowest BCUT2D eigenvalue weighted by atomic mass is 9.79. The van der Waals surface area contributed by atoms with Gasteiger partial charge in [-0.3, -0.25) is 9.88 Å². The van der Waals surface area contributed by atoms with Crippen LogP contribution < -0.4 is 4.90 Å². The van der Waals surface area contributed by atoms with Crippen LogP contribution in [0.1, 0.15) is 65.0 Å². The fourth-order valence-electron chi connectivity index (χ4n) is 2.92. The molecular formula is C16H25N3O3. The van der Waals surface area contributed by atoms with Crippen molar-refractivity contribution in [2.24, 2.45) is 0 Å². The van der Waals surface area contributed by atoms with Crippen molar-refractivity contribution in [1.29, 1.82) is 0 Å². The van der Waals surface area contributed by atoms with E-state index in [1.54, 1.807) is 6.20 Å². The minimum Gasteiger partial charge on any atom is -0.465 e. The van der Waals surface area contributed by atoms with Crippen molar-refractivity contribution in [3.63, 3.8) is 0 Å². The predicted octanol–water partition coefficient (Wildman–Crippen LogP) is 3.17. The average Bonchev–Trinajstić information content (AvgIpc) is 2.38. The summed E-state index contributed by atoms with van der Waals surface area (Å²) in [6, 6.07) is 0. The van der Waals surface area contributed by atoms with E-state index in [9.17, 15) is 15.0 Å². The maximum absolute atomic E-state index is 11.4. The molecule has 0 aromatic carbocycles. The van der Waals surface area contributed by atoms with E-state index in [1.807, 2.05) is 27.7 Å². The fourth-order valence-corrected chi connectivity index (χ4v) is 2.92. The van der Waals surface area contributed by atoms with E-state index in [4.69, 9.17) is 0 Å². The molecule has 2 N–H and O–H groups in total. The standard InChI is InChI=1S/C16H25N3O3/c1-15(2,3)19(14(20)21)13-10-17-12(9-18-13)11-5-7-16(4,22)8-6-11/h9-11,22H,5-8H2,1-4H3,(H,20,21). The molecule has 6 nitrogen and oxygen atoms in total. The van der Waals surface area contributed by atoms with Gasteiger partial charge in [0.15, 0.2) is 5.82 Å². The van der Waals surface area contributed by atoms with Gasteiger partial charge in [-0.25, -0.2) is 9.78 Å². The Bertz CT molecular complexity index is 525. The highest BCUT2D eigenvalue weighted by atomic mass is 16.4. The number of carbonyl (C=O) groups is 1. The van der Waals surface area contributed by atoms with E-state index in [1.165, 1.54) is 11.1 Å². The molecule has 0 unspecified atom stereocenters. The number of rotatable bonds is 2. The van der Waals surface area contributed by atoms with Gasteiger partial charge in [-0.2, -0.15) is 0 Å². The molecule has 122 valence electrons. The molecule has 6 heteroatoms. The van der Waals surface area contributed by atoms with Gasteiger partial charge in [0.25, 0.3) is 0 Å². The zero-order valence-electron chi connectivity index (χ0n) is 13.7. The van der Waals surface area contributed by atoms with Gasteiger partial charge in [-0.1, -0.05) is 0 Å². The quantitative estimate of drug-likeness (QED) is 0.876. The maximum Gasteiger partial charge on any atom is 0.413 e. The number of hydrogen-bond donors (Lipinski definition) is 2. The molecule has 0 atom stereocenters. The highest BCUT2D eigenvalue weighted by Crippen LogP contribution is 2.37. The normalized spacial score (nSPS) is 25.8. The first-order valence-corrected chi connectivity index (χ1v) is 7.68. The highest BCUT2D eigenvalue weighted by Gasteiger charge is 2.31. The Morgan fingerprint density at radius 1 is 1.27 bits per heavy atom. The molecule has 1 saturated carbocycles. The topological polar surface area (TPSA) is 86.6 Å². The Hall–Kier alpha value is -1.69. The minimum absolute atomic E-state index is 0.287. The smallest absolute Gasteiger partial charge is 0.413 e. The summed E-state index contributed by atoms with van der Waals surface area (Å²) in [6.45, 7) is 7.33. The zero-order chi connectivity index (χ0) is 16.5. The third-order valence-corrected chi connectivity index (χ3v) is 4.23. The van der Waals surface area contributed by atoms with E-state index >= 15 is 0 Å². The van der Waals surface area contributed by atoms with E-state index in [-0.39, 0.29) is 5.92 Å². The van der Waals surface area contributed by atoms with Crippen LogP contribution in [0.5, 0.6) is 0 Å². The molecule has 1 aromatic heterocycles. The second-order valence-electron chi connectivity index (χ2n) is 7.36. The number of carboxylic acid groups (broad SMARTS) is 1. The lowest BCUT2D eigenvalue weighted by molar-refractivity contribution is 0.0168. The Morgan fingerprint density at radius 3 is 2.27 bits per heavy atom. The molecule has 0 spiro atoms. The SMILES string of the molecule is CC1(O)CCC(c2cnc(N(C(=O)O)C(C)(C)C)cn2)CC1. The first-order chi connectivity index (χ1) is 10.1. The Labute approximate surface area is 131 Å². The van der Waals surface area contributed by atoms with Gasteiger partial charge in [-0.05, 0) is 53.4 Å². The van der Waals surface area contributed by atoms with Crippen molar-refractivity contribution in [3.05, 3.63) is 18.1 Å². The van der Waals surface area contributed by atoms with Crippen LogP contribution >= 0.6 is 0 Å². The van der Waals surface area contributed by atoms with E-state index < -0.39 is 17.2 Å². The van der Waals surface area contributed by atoms with Gasteiger partial charge in [0.1, 0.15) is 0 Å². The fraction of sp³-hybridized carbons (Fsp3) is 0.688. The summed E-state index contributed by atoms with van der Waals surface area (Å²) < 4.78 is 0. The molecule has 1 amide bonds. The molecule has 0 aliphatic heterocycles. The number of aromatic nitrogens is 2. The van der Waals surface area contributed by atoms with Crippen molar-refractivity contribution >= 4 is 11.9 Å². The van der Waals surface area contributed by atoms with Crippen molar-refractivity contribution in [1.82, 2.24) is 9.97 Å². The van der Waals surface area contributed by atoms with Crippen LogP contribution in [-0.4, -0.2) is 37.4 Å². The monoisotopic (exact) mass is 307 g/mol. The molecule has 0 radical (unpaired) electrons. The van der Waals surface area contributed by atoms with E-state index in [0.717, 1.165) is 31.4 Å². The Kier molecular flexibility index (Phi) is 4.42. The van der Waals surface area contributed by atoms with Crippen LogP contribution in [-0.2, 0) is 0 Å². The van der Waals surface area contributed by atoms with Crippen LogP contribution in [0.25, 0.3) is 0 Å². The van der Waals surface area contributed by atoms with E-state index in [2.05, 4.69) is 9.97 Å². The highest BCUT2D eigenvalue weighted by molar-refractivity contribution is 5.85. The third kappa shape index (κ3) is 3.74. The predicted molar refractivity (Wildman–Crippen MR) is 84.1 cm³/mol. The van der Waals surface area contributed by atoms with Crippen molar-refractivity contribution in [3.8, 4) is 0 Å². The van der Waals surface area contributed by atoms with Gasteiger partial charge >= 0.3 is 6.09 Å². The number of hydrogen-bond acceptors (Lipinski definition) is 4. The van der Waals surface area contributed by atoms with Crippen molar-refractivity contribution in [2.75, 3.05) is 4.90 Å². The lowest BCUT2D eigenvalue weighted by Gasteiger charge is -2.33. The summed E-state index contributed by atoms with van der Waals surface area (Å²) in [7, 11) is 0. The van der Waals surface area contributed by atoms with Crippen LogP contribution in [0.2, 0.25) is 0 Å². The molecule has 1 heterocycles. The second-order valence-corrected chi connectivity index (χ2v) is 7.36.